The number of rotatable bonds is 6. The van der Waals surface area contributed by atoms with Crippen LogP contribution in [-0.4, -0.2) is 13.0 Å². The second kappa shape index (κ2) is 10.9. The Morgan fingerprint density at radius 3 is 2.45 bits per heavy atom. The summed E-state index contributed by atoms with van der Waals surface area (Å²) in [6.07, 6.45) is 2.30. The number of methoxy groups -OCH3 is 1. The molecule has 0 heterocycles. The van der Waals surface area contributed by atoms with Gasteiger partial charge in [0.05, 0.1) is 7.11 Å². The van der Waals surface area contributed by atoms with Crippen molar-refractivity contribution < 1.29 is 9.53 Å². The first-order chi connectivity index (χ1) is 15.7. The van der Waals surface area contributed by atoms with Crippen LogP contribution >= 0.6 is 34.2 Å². The first-order valence-corrected chi connectivity index (χ1v) is 11.8. The largest absolute Gasteiger partial charge is 0.496 e. The molecule has 0 aliphatic carbocycles. The predicted molar refractivity (Wildman–Crippen MR) is 143 cm³/mol. The minimum atomic E-state index is -0.490. The van der Waals surface area contributed by atoms with E-state index in [-0.39, 0.29) is 5.57 Å². The van der Waals surface area contributed by atoms with E-state index in [1.807, 2.05) is 31.2 Å². The molecule has 0 aromatic heterocycles. The molecular formula is C27H24ClIN2O2. The summed E-state index contributed by atoms with van der Waals surface area (Å²) in [5.41, 5.74) is 6.86. The SMILES string of the molecule is COc1cc(/C=C(\C#N)C(=O)Nc2cc(Cl)ccc2C)cc(I)c1Cc1cc(C)cc(C)c1. The summed E-state index contributed by atoms with van der Waals surface area (Å²) in [6, 6.07) is 17.5. The third kappa shape index (κ3) is 6.37. The zero-order chi connectivity index (χ0) is 24.1. The summed E-state index contributed by atoms with van der Waals surface area (Å²) in [5, 5.41) is 12.9. The quantitative estimate of drug-likeness (QED) is 0.197. The van der Waals surface area contributed by atoms with Crippen molar-refractivity contribution in [2.75, 3.05) is 12.4 Å². The van der Waals surface area contributed by atoms with Crippen LogP contribution < -0.4 is 10.1 Å². The number of benzene rings is 3. The molecule has 6 heteroatoms. The number of amides is 1. The number of ether oxygens (including phenoxy) is 1. The minimum absolute atomic E-state index is 0.00529. The van der Waals surface area contributed by atoms with Crippen LogP contribution in [0.4, 0.5) is 5.69 Å². The maximum Gasteiger partial charge on any atom is 0.266 e. The number of hydrogen-bond acceptors (Lipinski definition) is 3. The van der Waals surface area contributed by atoms with E-state index in [2.05, 4.69) is 60.0 Å². The third-order valence-electron chi connectivity index (χ3n) is 5.18. The molecule has 0 aliphatic rings. The van der Waals surface area contributed by atoms with Gasteiger partial charge in [0.25, 0.3) is 5.91 Å². The predicted octanol–water partition coefficient (Wildman–Crippen LogP) is 7.01. The van der Waals surface area contributed by atoms with E-state index in [0.717, 1.165) is 32.4 Å². The molecule has 3 aromatic carbocycles. The molecule has 0 unspecified atom stereocenters. The second-order valence-corrected chi connectivity index (χ2v) is 9.54. The number of carbonyl (C=O) groups is 1. The van der Waals surface area contributed by atoms with Gasteiger partial charge in [-0.1, -0.05) is 47.0 Å². The minimum Gasteiger partial charge on any atom is -0.496 e. The molecule has 0 radical (unpaired) electrons. The standard InChI is InChI=1S/C27H24ClIN2O2/c1-16-7-17(2)9-19(8-16)11-23-24(29)12-20(13-26(23)33-4)10-21(15-30)27(32)31-25-14-22(28)6-5-18(25)3/h5-10,12-14H,11H2,1-4H3,(H,31,32)/b21-10+. The number of nitrogens with one attached hydrogen (secondary N) is 1. The van der Waals surface area contributed by atoms with Gasteiger partial charge in [0.15, 0.2) is 0 Å². The van der Waals surface area contributed by atoms with Crippen LogP contribution in [0.5, 0.6) is 5.75 Å². The van der Waals surface area contributed by atoms with Gasteiger partial charge in [-0.15, -0.1) is 0 Å². The van der Waals surface area contributed by atoms with Crippen LogP contribution in [0.1, 0.15) is 33.4 Å². The summed E-state index contributed by atoms with van der Waals surface area (Å²) < 4.78 is 6.67. The number of hydrogen-bond donors (Lipinski definition) is 1. The highest BCUT2D eigenvalue weighted by Crippen LogP contribution is 2.30. The van der Waals surface area contributed by atoms with Gasteiger partial charge in [0.2, 0.25) is 0 Å². The Labute approximate surface area is 213 Å². The summed E-state index contributed by atoms with van der Waals surface area (Å²) in [7, 11) is 1.63. The molecule has 0 aliphatic heterocycles. The van der Waals surface area contributed by atoms with E-state index < -0.39 is 5.91 Å². The Bertz CT molecular complexity index is 1270. The lowest BCUT2D eigenvalue weighted by Crippen LogP contribution is -2.14. The van der Waals surface area contributed by atoms with E-state index >= 15 is 0 Å². The number of anilines is 1. The number of halogens is 2. The summed E-state index contributed by atoms with van der Waals surface area (Å²) in [4.78, 5) is 12.7. The molecule has 0 saturated carbocycles. The van der Waals surface area contributed by atoms with E-state index in [0.29, 0.717) is 10.7 Å². The van der Waals surface area contributed by atoms with Gasteiger partial charge in [-0.3, -0.25) is 4.79 Å². The molecule has 0 atom stereocenters. The smallest absolute Gasteiger partial charge is 0.266 e. The topological polar surface area (TPSA) is 62.1 Å². The van der Waals surface area contributed by atoms with E-state index in [9.17, 15) is 10.1 Å². The number of aryl methyl sites for hydroxylation is 3. The molecule has 1 N–H and O–H groups in total. The highest BCUT2D eigenvalue weighted by molar-refractivity contribution is 14.1. The van der Waals surface area contributed by atoms with Crippen LogP contribution in [-0.2, 0) is 11.2 Å². The molecule has 3 rings (SSSR count). The van der Waals surface area contributed by atoms with Gasteiger partial charge in [-0.05, 0) is 90.4 Å². The molecule has 4 nitrogen and oxygen atoms in total. The second-order valence-electron chi connectivity index (χ2n) is 7.94. The number of nitriles is 1. The summed E-state index contributed by atoms with van der Waals surface area (Å²) >= 11 is 8.31. The monoisotopic (exact) mass is 570 g/mol. The van der Waals surface area contributed by atoms with Gasteiger partial charge >= 0.3 is 0 Å². The maximum atomic E-state index is 12.7. The highest BCUT2D eigenvalue weighted by Gasteiger charge is 2.15. The number of carbonyl (C=O) groups excluding carboxylic acids is 1. The van der Waals surface area contributed by atoms with Crippen LogP contribution in [0, 0.1) is 35.7 Å². The Morgan fingerprint density at radius 1 is 1.12 bits per heavy atom. The molecule has 168 valence electrons. The Balaban J connectivity index is 1.91. The molecule has 1 amide bonds. The third-order valence-corrected chi connectivity index (χ3v) is 6.38. The van der Waals surface area contributed by atoms with E-state index in [1.54, 1.807) is 25.3 Å². The average Bonchev–Trinajstić information content (AvgIpc) is 2.75. The average molecular weight is 571 g/mol. The fourth-order valence-electron chi connectivity index (χ4n) is 3.68. The van der Waals surface area contributed by atoms with Crippen molar-refractivity contribution in [3.05, 3.63) is 96.1 Å². The molecule has 3 aromatic rings. The van der Waals surface area contributed by atoms with Gasteiger partial charge in [-0.25, -0.2) is 0 Å². The first kappa shape index (κ1) is 24.8. The van der Waals surface area contributed by atoms with Crippen molar-refractivity contribution in [1.29, 1.82) is 5.26 Å². The summed E-state index contributed by atoms with van der Waals surface area (Å²) in [5.74, 6) is 0.229. The van der Waals surface area contributed by atoms with Crippen LogP contribution in [0.2, 0.25) is 5.02 Å². The number of nitrogens with zero attached hydrogens (tertiary/aromatic N) is 1. The molecule has 0 bridgehead atoms. The van der Waals surface area contributed by atoms with Gasteiger partial charge in [0, 0.05) is 26.3 Å². The molecule has 0 spiro atoms. The lowest BCUT2D eigenvalue weighted by Gasteiger charge is -2.14. The van der Waals surface area contributed by atoms with Crippen molar-refractivity contribution in [2.45, 2.75) is 27.2 Å². The molecule has 0 saturated heterocycles. The van der Waals surface area contributed by atoms with Crippen LogP contribution in [0.3, 0.4) is 0 Å². The lowest BCUT2D eigenvalue weighted by atomic mass is 9.98. The van der Waals surface area contributed by atoms with Gasteiger partial charge in [-0.2, -0.15) is 5.26 Å². The molecular weight excluding hydrogens is 547 g/mol. The Morgan fingerprint density at radius 2 is 1.82 bits per heavy atom. The Hall–Kier alpha value is -2.82. The highest BCUT2D eigenvalue weighted by atomic mass is 127. The normalized spacial score (nSPS) is 11.1. The van der Waals surface area contributed by atoms with Crippen molar-refractivity contribution in [3.63, 3.8) is 0 Å². The van der Waals surface area contributed by atoms with E-state index in [1.165, 1.54) is 16.7 Å². The van der Waals surface area contributed by atoms with Gasteiger partial charge in [0.1, 0.15) is 17.4 Å². The fraction of sp³-hybridized carbons (Fsp3) is 0.185. The summed E-state index contributed by atoms with van der Waals surface area (Å²) in [6.45, 7) is 6.04. The van der Waals surface area contributed by atoms with E-state index in [4.69, 9.17) is 16.3 Å². The van der Waals surface area contributed by atoms with Crippen molar-refractivity contribution >= 4 is 51.9 Å². The van der Waals surface area contributed by atoms with Crippen molar-refractivity contribution in [2.24, 2.45) is 0 Å². The molecule has 0 fully saturated rings. The first-order valence-electron chi connectivity index (χ1n) is 10.3. The van der Waals surface area contributed by atoms with Gasteiger partial charge < -0.3 is 10.1 Å². The maximum absolute atomic E-state index is 12.7. The van der Waals surface area contributed by atoms with Crippen LogP contribution in [0.15, 0.2) is 54.1 Å². The zero-order valence-corrected chi connectivity index (χ0v) is 21.8. The zero-order valence-electron chi connectivity index (χ0n) is 18.9. The van der Waals surface area contributed by atoms with Crippen LogP contribution in [0.25, 0.3) is 6.08 Å². The Kier molecular flexibility index (Phi) is 8.17. The van der Waals surface area contributed by atoms with Crippen molar-refractivity contribution in [1.82, 2.24) is 0 Å². The lowest BCUT2D eigenvalue weighted by molar-refractivity contribution is -0.112. The van der Waals surface area contributed by atoms with Crippen molar-refractivity contribution in [3.8, 4) is 11.8 Å². The fourth-order valence-corrected chi connectivity index (χ4v) is 4.67. The molecule has 33 heavy (non-hydrogen) atoms.